The molecule has 1 aliphatic rings. The van der Waals surface area contributed by atoms with Crippen molar-refractivity contribution in [1.82, 2.24) is 14.9 Å². The van der Waals surface area contributed by atoms with E-state index in [4.69, 9.17) is 9.47 Å². The molecule has 25 heavy (non-hydrogen) atoms. The molecule has 6 nitrogen and oxygen atoms in total. The number of hydrogen-bond acceptors (Lipinski definition) is 6. The predicted molar refractivity (Wildman–Crippen MR) is 93.6 cm³/mol. The van der Waals surface area contributed by atoms with Crippen LogP contribution in [0.15, 0.2) is 36.7 Å². The highest BCUT2D eigenvalue weighted by Gasteiger charge is 2.25. The van der Waals surface area contributed by atoms with Gasteiger partial charge in [-0.15, -0.1) is 0 Å². The van der Waals surface area contributed by atoms with Gasteiger partial charge in [-0.1, -0.05) is 24.6 Å². The highest BCUT2D eigenvalue weighted by molar-refractivity contribution is 5.83. The number of carbonyl (C=O) groups is 1. The van der Waals surface area contributed by atoms with Gasteiger partial charge in [0.2, 0.25) is 0 Å². The quantitative estimate of drug-likeness (QED) is 0.805. The van der Waals surface area contributed by atoms with Gasteiger partial charge in [-0.2, -0.15) is 0 Å². The summed E-state index contributed by atoms with van der Waals surface area (Å²) < 4.78 is 11.2. The summed E-state index contributed by atoms with van der Waals surface area (Å²) in [5, 5.41) is 0. The number of aromatic nitrogens is 2. The molecular formula is C19H23N3O3. The molecule has 1 aromatic carbocycles. The minimum Gasteiger partial charge on any atom is -0.424 e. The van der Waals surface area contributed by atoms with Gasteiger partial charge in [0.15, 0.2) is 5.78 Å². The van der Waals surface area contributed by atoms with Crippen LogP contribution in [0.2, 0.25) is 0 Å². The van der Waals surface area contributed by atoms with Gasteiger partial charge < -0.3 is 9.47 Å². The molecular weight excluding hydrogens is 318 g/mol. The SMILES string of the molecule is CCC(=O)[C@@H]1CN(Cc2cnc(Oc3ccc(C)cc3)nc2)CCO1. The number of rotatable bonds is 6. The Hall–Kier alpha value is -2.31. The van der Waals surface area contributed by atoms with Crippen molar-refractivity contribution in [2.45, 2.75) is 32.9 Å². The van der Waals surface area contributed by atoms with Gasteiger partial charge in [-0.05, 0) is 19.1 Å². The van der Waals surface area contributed by atoms with E-state index in [-0.39, 0.29) is 11.9 Å². The van der Waals surface area contributed by atoms with Crippen LogP contribution in [0.4, 0.5) is 0 Å². The lowest BCUT2D eigenvalue weighted by atomic mass is 10.1. The molecule has 3 rings (SSSR count). The molecule has 2 aromatic rings. The van der Waals surface area contributed by atoms with Gasteiger partial charge in [-0.3, -0.25) is 9.69 Å². The van der Waals surface area contributed by atoms with E-state index < -0.39 is 0 Å². The first-order valence-corrected chi connectivity index (χ1v) is 8.56. The minimum absolute atomic E-state index is 0.155. The van der Waals surface area contributed by atoms with E-state index in [2.05, 4.69) is 14.9 Å². The van der Waals surface area contributed by atoms with Crippen molar-refractivity contribution >= 4 is 5.78 Å². The van der Waals surface area contributed by atoms with Crippen molar-refractivity contribution in [1.29, 1.82) is 0 Å². The zero-order valence-electron chi connectivity index (χ0n) is 14.6. The number of hydrogen-bond donors (Lipinski definition) is 0. The summed E-state index contributed by atoms with van der Waals surface area (Å²) in [6.45, 7) is 6.58. The zero-order valence-corrected chi connectivity index (χ0v) is 14.6. The number of benzene rings is 1. The molecule has 1 atom stereocenters. The average molecular weight is 341 g/mol. The Labute approximate surface area is 147 Å². The normalized spacial score (nSPS) is 18.1. The number of ketones is 1. The van der Waals surface area contributed by atoms with Gasteiger partial charge in [0.05, 0.1) is 6.61 Å². The maximum atomic E-state index is 11.8. The van der Waals surface area contributed by atoms with Gasteiger partial charge in [0.25, 0.3) is 0 Å². The van der Waals surface area contributed by atoms with Gasteiger partial charge in [0, 0.05) is 44.0 Å². The van der Waals surface area contributed by atoms with Crippen LogP contribution in [0.3, 0.4) is 0 Å². The summed E-state index contributed by atoms with van der Waals surface area (Å²) in [6.07, 6.45) is 3.72. The molecule has 0 radical (unpaired) electrons. The number of morpholine rings is 1. The van der Waals surface area contributed by atoms with Crippen molar-refractivity contribution in [2.75, 3.05) is 19.7 Å². The maximum Gasteiger partial charge on any atom is 0.321 e. The number of Topliss-reactive ketones (excluding diaryl/α,β-unsaturated/α-hetero) is 1. The van der Waals surface area contributed by atoms with Crippen molar-refractivity contribution < 1.29 is 14.3 Å². The summed E-state index contributed by atoms with van der Waals surface area (Å²) >= 11 is 0. The van der Waals surface area contributed by atoms with Crippen LogP contribution in [-0.2, 0) is 16.1 Å². The number of aryl methyl sites for hydroxylation is 1. The van der Waals surface area contributed by atoms with Crippen molar-refractivity contribution in [2.24, 2.45) is 0 Å². The molecule has 2 heterocycles. The monoisotopic (exact) mass is 341 g/mol. The van der Waals surface area contributed by atoms with Crippen LogP contribution < -0.4 is 4.74 Å². The van der Waals surface area contributed by atoms with Crippen molar-refractivity contribution in [3.05, 3.63) is 47.8 Å². The summed E-state index contributed by atoms with van der Waals surface area (Å²) in [5.74, 6) is 0.871. The fourth-order valence-corrected chi connectivity index (χ4v) is 2.72. The lowest BCUT2D eigenvalue weighted by Gasteiger charge is -2.31. The lowest BCUT2D eigenvalue weighted by Crippen LogP contribution is -2.45. The topological polar surface area (TPSA) is 64.6 Å². The van der Waals surface area contributed by atoms with Crippen LogP contribution in [0.5, 0.6) is 11.8 Å². The second-order valence-electron chi connectivity index (χ2n) is 6.20. The molecule has 1 aliphatic heterocycles. The third-order valence-electron chi connectivity index (χ3n) is 4.18. The Kier molecular flexibility index (Phi) is 5.73. The van der Waals surface area contributed by atoms with Crippen LogP contribution in [0.1, 0.15) is 24.5 Å². The molecule has 6 heteroatoms. The Morgan fingerprint density at radius 3 is 2.68 bits per heavy atom. The minimum atomic E-state index is -0.316. The summed E-state index contributed by atoms with van der Waals surface area (Å²) in [5.41, 5.74) is 2.16. The summed E-state index contributed by atoms with van der Waals surface area (Å²) in [7, 11) is 0. The van der Waals surface area contributed by atoms with E-state index in [9.17, 15) is 4.79 Å². The van der Waals surface area contributed by atoms with Gasteiger partial charge >= 0.3 is 6.01 Å². The lowest BCUT2D eigenvalue weighted by molar-refractivity contribution is -0.136. The average Bonchev–Trinajstić information content (AvgIpc) is 2.65. The van der Waals surface area contributed by atoms with Crippen LogP contribution in [0.25, 0.3) is 0 Å². The van der Waals surface area contributed by atoms with E-state index in [1.54, 1.807) is 12.4 Å². The maximum absolute atomic E-state index is 11.8. The van der Waals surface area contributed by atoms with Crippen LogP contribution in [-0.4, -0.2) is 46.5 Å². The first kappa shape index (κ1) is 17.5. The predicted octanol–water partition coefficient (Wildman–Crippen LogP) is 2.76. The van der Waals surface area contributed by atoms with E-state index in [1.165, 1.54) is 5.56 Å². The van der Waals surface area contributed by atoms with Gasteiger partial charge in [-0.25, -0.2) is 9.97 Å². The van der Waals surface area contributed by atoms with Gasteiger partial charge in [0.1, 0.15) is 11.9 Å². The highest BCUT2D eigenvalue weighted by Crippen LogP contribution is 2.18. The largest absolute Gasteiger partial charge is 0.424 e. The van der Waals surface area contributed by atoms with E-state index in [0.717, 1.165) is 12.1 Å². The molecule has 1 saturated heterocycles. The molecule has 0 unspecified atom stereocenters. The second kappa shape index (κ2) is 8.18. The van der Waals surface area contributed by atoms with E-state index >= 15 is 0 Å². The Balaban J connectivity index is 1.57. The zero-order chi connectivity index (χ0) is 17.6. The number of carbonyl (C=O) groups excluding carboxylic acids is 1. The third kappa shape index (κ3) is 4.84. The third-order valence-corrected chi connectivity index (χ3v) is 4.18. The van der Waals surface area contributed by atoms with Crippen LogP contribution in [0, 0.1) is 6.92 Å². The molecule has 1 aromatic heterocycles. The molecule has 0 spiro atoms. The fraction of sp³-hybridized carbons (Fsp3) is 0.421. The Morgan fingerprint density at radius 2 is 2.00 bits per heavy atom. The van der Waals surface area contributed by atoms with E-state index in [0.29, 0.717) is 37.9 Å². The van der Waals surface area contributed by atoms with E-state index in [1.807, 2.05) is 38.1 Å². The molecule has 0 saturated carbocycles. The highest BCUT2D eigenvalue weighted by atomic mass is 16.5. The molecule has 132 valence electrons. The molecule has 0 bridgehead atoms. The smallest absolute Gasteiger partial charge is 0.321 e. The number of nitrogens with zero attached hydrogens (tertiary/aromatic N) is 3. The fourth-order valence-electron chi connectivity index (χ4n) is 2.72. The first-order valence-electron chi connectivity index (χ1n) is 8.56. The van der Waals surface area contributed by atoms with Crippen LogP contribution >= 0.6 is 0 Å². The molecule has 0 N–H and O–H groups in total. The number of ether oxygens (including phenoxy) is 2. The Bertz CT molecular complexity index is 701. The molecule has 0 aliphatic carbocycles. The molecule has 0 amide bonds. The molecule has 1 fully saturated rings. The standard InChI is InChI=1S/C19H23N3O3/c1-3-17(23)18-13-22(8-9-24-18)12-15-10-20-19(21-11-15)25-16-6-4-14(2)5-7-16/h4-7,10-11,18H,3,8-9,12-13H2,1-2H3/t18-/m0/s1. The summed E-state index contributed by atoms with van der Waals surface area (Å²) in [6, 6.07) is 8.08. The first-order chi connectivity index (χ1) is 12.1. The second-order valence-corrected chi connectivity index (χ2v) is 6.20. The Morgan fingerprint density at radius 1 is 1.28 bits per heavy atom. The summed E-state index contributed by atoms with van der Waals surface area (Å²) in [4.78, 5) is 22.6. The van der Waals surface area contributed by atoms with Crippen molar-refractivity contribution in [3.63, 3.8) is 0 Å². The van der Waals surface area contributed by atoms with Crippen molar-refractivity contribution in [3.8, 4) is 11.8 Å².